The summed E-state index contributed by atoms with van der Waals surface area (Å²) in [6.45, 7) is 4.86. The van der Waals surface area contributed by atoms with Gasteiger partial charge in [0, 0.05) is 5.02 Å². The summed E-state index contributed by atoms with van der Waals surface area (Å²) >= 11 is 9.28. The van der Waals surface area contributed by atoms with Crippen LogP contribution in [0.4, 0.5) is 0 Å². The molecule has 0 amide bonds. The molecular formula is C13H16BrClN4O. The highest BCUT2D eigenvalue weighted by Crippen LogP contribution is 2.27. The molecule has 1 heterocycles. The molecule has 1 aromatic carbocycles. The third kappa shape index (κ3) is 3.94. The number of halogens is 2. The van der Waals surface area contributed by atoms with Crippen molar-refractivity contribution in [2.75, 3.05) is 6.61 Å². The average Bonchev–Trinajstić information content (AvgIpc) is 2.80. The Kier molecular flexibility index (Phi) is 4.67. The molecule has 1 aromatic heterocycles. The van der Waals surface area contributed by atoms with Crippen LogP contribution < -0.4 is 10.5 Å². The molecule has 0 spiro atoms. The van der Waals surface area contributed by atoms with Crippen LogP contribution in [0.15, 0.2) is 28.9 Å². The zero-order valence-corrected chi connectivity index (χ0v) is 13.6. The summed E-state index contributed by atoms with van der Waals surface area (Å²) < 4.78 is 8.21. The second-order valence-electron chi connectivity index (χ2n) is 5.01. The molecule has 0 unspecified atom stereocenters. The second kappa shape index (κ2) is 6.11. The average molecular weight is 360 g/mol. The molecule has 0 fully saturated rings. The molecule has 0 aliphatic rings. The molecule has 0 radical (unpaired) electrons. The number of hydrogen-bond acceptors (Lipinski definition) is 4. The van der Waals surface area contributed by atoms with Crippen LogP contribution in [0, 0.1) is 0 Å². The van der Waals surface area contributed by atoms with Gasteiger partial charge in [0.2, 0.25) is 0 Å². The Morgan fingerprint density at radius 3 is 2.80 bits per heavy atom. The van der Waals surface area contributed by atoms with Gasteiger partial charge in [-0.3, -0.25) is 0 Å². The summed E-state index contributed by atoms with van der Waals surface area (Å²) in [6.07, 6.45) is 1.83. The molecule has 2 rings (SSSR count). The molecule has 20 heavy (non-hydrogen) atoms. The maximum absolute atomic E-state index is 5.96. The summed E-state index contributed by atoms with van der Waals surface area (Å²) in [5, 5.41) is 8.73. The number of rotatable bonds is 5. The van der Waals surface area contributed by atoms with Crippen molar-refractivity contribution >= 4 is 27.5 Å². The molecule has 108 valence electrons. The Hall–Kier alpha value is -1.11. The lowest BCUT2D eigenvalue weighted by Gasteiger charge is -2.13. The minimum atomic E-state index is -0.488. The SMILES string of the molecule is CC(C)(N)c1cn(CCOc2ccc(Cl)cc2Br)nn1. The topological polar surface area (TPSA) is 66.0 Å². The maximum atomic E-state index is 5.96. The zero-order chi connectivity index (χ0) is 14.8. The van der Waals surface area contributed by atoms with Crippen molar-refractivity contribution in [3.05, 3.63) is 39.6 Å². The van der Waals surface area contributed by atoms with Crippen molar-refractivity contribution in [3.63, 3.8) is 0 Å². The largest absolute Gasteiger partial charge is 0.490 e. The Morgan fingerprint density at radius 1 is 1.45 bits per heavy atom. The molecule has 0 aliphatic carbocycles. The monoisotopic (exact) mass is 358 g/mol. The van der Waals surface area contributed by atoms with Gasteiger partial charge in [-0.15, -0.1) is 5.10 Å². The van der Waals surface area contributed by atoms with Crippen LogP contribution in [0.25, 0.3) is 0 Å². The fraction of sp³-hybridized carbons (Fsp3) is 0.385. The molecule has 7 heteroatoms. The van der Waals surface area contributed by atoms with Gasteiger partial charge in [0.25, 0.3) is 0 Å². The highest BCUT2D eigenvalue weighted by molar-refractivity contribution is 9.10. The molecule has 0 saturated carbocycles. The zero-order valence-electron chi connectivity index (χ0n) is 11.3. The fourth-order valence-corrected chi connectivity index (χ4v) is 2.34. The quantitative estimate of drug-likeness (QED) is 0.891. The molecule has 2 N–H and O–H groups in total. The number of aromatic nitrogens is 3. The first-order valence-electron chi connectivity index (χ1n) is 6.13. The van der Waals surface area contributed by atoms with E-state index in [0.29, 0.717) is 18.2 Å². The maximum Gasteiger partial charge on any atom is 0.133 e. The molecule has 5 nitrogen and oxygen atoms in total. The van der Waals surface area contributed by atoms with Crippen molar-refractivity contribution in [2.45, 2.75) is 25.9 Å². The van der Waals surface area contributed by atoms with Crippen LogP contribution >= 0.6 is 27.5 Å². The summed E-state index contributed by atoms with van der Waals surface area (Å²) in [4.78, 5) is 0. The Morgan fingerprint density at radius 2 is 2.20 bits per heavy atom. The number of ether oxygens (including phenoxy) is 1. The van der Waals surface area contributed by atoms with E-state index in [9.17, 15) is 0 Å². The van der Waals surface area contributed by atoms with Gasteiger partial charge in [0.15, 0.2) is 0 Å². The summed E-state index contributed by atoms with van der Waals surface area (Å²) in [6, 6.07) is 5.40. The minimum Gasteiger partial charge on any atom is -0.490 e. The second-order valence-corrected chi connectivity index (χ2v) is 6.30. The lowest BCUT2D eigenvalue weighted by atomic mass is 10.0. The number of nitrogens with two attached hydrogens (primary N) is 1. The fourth-order valence-electron chi connectivity index (χ4n) is 1.54. The van der Waals surface area contributed by atoms with Gasteiger partial charge in [-0.1, -0.05) is 16.8 Å². The summed E-state index contributed by atoms with van der Waals surface area (Å²) in [5.74, 6) is 0.744. The van der Waals surface area contributed by atoms with E-state index in [2.05, 4.69) is 26.2 Å². The Labute approximate surface area is 131 Å². The van der Waals surface area contributed by atoms with E-state index < -0.39 is 5.54 Å². The lowest BCUT2D eigenvalue weighted by Crippen LogP contribution is -2.29. The van der Waals surface area contributed by atoms with Crippen LogP contribution in [0.2, 0.25) is 5.02 Å². The lowest BCUT2D eigenvalue weighted by molar-refractivity contribution is 0.288. The number of hydrogen-bond donors (Lipinski definition) is 1. The smallest absolute Gasteiger partial charge is 0.133 e. The third-order valence-electron chi connectivity index (χ3n) is 2.67. The first-order chi connectivity index (χ1) is 9.36. The van der Waals surface area contributed by atoms with Crippen LogP contribution in [-0.4, -0.2) is 21.6 Å². The molecule has 0 saturated heterocycles. The van der Waals surface area contributed by atoms with E-state index in [1.54, 1.807) is 16.8 Å². The van der Waals surface area contributed by atoms with Crippen LogP contribution in [-0.2, 0) is 12.1 Å². The van der Waals surface area contributed by atoms with E-state index in [0.717, 1.165) is 15.9 Å². The molecule has 0 bridgehead atoms. The number of benzene rings is 1. The normalized spacial score (nSPS) is 11.7. The van der Waals surface area contributed by atoms with Gasteiger partial charge >= 0.3 is 0 Å². The molecular weight excluding hydrogens is 344 g/mol. The van der Waals surface area contributed by atoms with E-state index in [1.807, 2.05) is 26.1 Å². The van der Waals surface area contributed by atoms with Gasteiger partial charge in [-0.25, -0.2) is 4.68 Å². The first kappa shape index (κ1) is 15.3. The van der Waals surface area contributed by atoms with E-state index in [1.165, 1.54) is 0 Å². The highest BCUT2D eigenvalue weighted by atomic mass is 79.9. The van der Waals surface area contributed by atoms with Gasteiger partial charge in [-0.2, -0.15) is 0 Å². The van der Waals surface area contributed by atoms with E-state index in [-0.39, 0.29) is 0 Å². The molecule has 2 aromatic rings. The van der Waals surface area contributed by atoms with Gasteiger partial charge in [0.1, 0.15) is 18.1 Å². The third-order valence-corrected chi connectivity index (χ3v) is 3.53. The predicted molar refractivity (Wildman–Crippen MR) is 81.9 cm³/mol. The van der Waals surface area contributed by atoms with Crippen LogP contribution in [0.1, 0.15) is 19.5 Å². The van der Waals surface area contributed by atoms with Crippen molar-refractivity contribution < 1.29 is 4.74 Å². The van der Waals surface area contributed by atoms with Crippen molar-refractivity contribution in [2.24, 2.45) is 5.73 Å². The Bertz CT molecular complexity index is 594. The summed E-state index contributed by atoms with van der Waals surface area (Å²) in [5.41, 5.74) is 6.23. The standard InChI is InChI=1S/C13H16BrClN4O/c1-13(2,16)12-8-19(18-17-12)5-6-20-11-4-3-9(15)7-10(11)14/h3-4,7-8H,5-6,16H2,1-2H3. The predicted octanol–water partition coefficient (Wildman–Crippen LogP) is 2.97. The van der Waals surface area contributed by atoms with Gasteiger partial charge in [0.05, 0.1) is 22.8 Å². The molecule has 0 atom stereocenters. The van der Waals surface area contributed by atoms with Crippen molar-refractivity contribution in [1.29, 1.82) is 0 Å². The van der Waals surface area contributed by atoms with E-state index >= 15 is 0 Å². The Balaban J connectivity index is 1.91. The van der Waals surface area contributed by atoms with Gasteiger partial charge < -0.3 is 10.5 Å². The van der Waals surface area contributed by atoms with Crippen LogP contribution in [0.5, 0.6) is 5.75 Å². The highest BCUT2D eigenvalue weighted by Gasteiger charge is 2.18. The van der Waals surface area contributed by atoms with Gasteiger partial charge in [-0.05, 0) is 48.0 Å². The first-order valence-corrected chi connectivity index (χ1v) is 7.31. The van der Waals surface area contributed by atoms with Crippen LogP contribution in [0.3, 0.4) is 0 Å². The number of nitrogens with zero attached hydrogens (tertiary/aromatic N) is 3. The van der Waals surface area contributed by atoms with Crippen molar-refractivity contribution in [3.8, 4) is 5.75 Å². The summed E-state index contributed by atoms with van der Waals surface area (Å²) in [7, 11) is 0. The van der Waals surface area contributed by atoms with E-state index in [4.69, 9.17) is 22.1 Å². The minimum absolute atomic E-state index is 0.480. The van der Waals surface area contributed by atoms with Crippen molar-refractivity contribution in [1.82, 2.24) is 15.0 Å². The molecule has 0 aliphatic heterocycles.